The van der Waals surface area contributed by atoms with Crippen LogP contribution in [0.3, 0.4) is 0 Å². The molecule has 136 valence electrons. The molecule has 0 saturated heterocycles. The van der Waals surface area contributed by atoms with Gasteiger partial charge in [-0.25, -0.2) is 9.18 Å². The Hall–Kier alpha value is -2.93. The summed E-state index contributed by atoms with van der Waals surface area (Å²) in [6.45, 7) is -0.279. The lowest BCUT2D eigenvalue weighted by Crippen LogP contribution is -2.33. The summed E-state index contributed by atoms with van der Waals surface area (Å²) in [5, 5.41) is 5.21. The predicted octanol–water partition coefficient (Wildman–Crippen LogP) is 2.56. The van der Waals surface area contributed by atoms with Gasteiger partial charge in [0.15, 0.2) is 0 Å². The van der Waals surface area contributed by atoms with E-state index in [0.717, 1.165) is 0 Å². The molecular weight excluding hydrogens is 363 g/mol. The molecule has 2 aromatic carbocycles. The van der Waals surface area contributed by atoms with Gasteiger partial charge in [0.05, 0.1) is 36.3 Å². The molecule has 2 aromatic rings. The van der Waals surface area contributed by atoms with Gasteiger partial charge in [0.2, 0.25) is 11.8 Å². The van der Waals surface area contributed by atoms with Crippen molar-refractivity contribution in [3.63, 3.8) is 0 Å². The molecule has 0 aromatic heterocycles. The Kier molecular flexibility index (Phi) is 6.68. The summed E-state index contributed by atoms with van der Waals surface area (Å²) >= 11 is 5.99. The fourth-order valence-corrected chi connectivity index (χ4v) is 2.25. The van der Waals surface area contributed by atoms with Crippen LogP contribution >= 0.6 is 11.6 Å². The van der Waals surface area contributed by atoms with Crippen LogP contribution < -0.4 is 10.6 Å². The van der Waals surface area contributed by atoms with E-state index in [1.807, 2.05) is 0 Å². The molecule has 0 saturated carbocycles. The van der Waals surface area contributed by atoms with Crippen LogP contribution in [0, 0.1) is 5.82 Å². The number of hydrogen-bond acceptors (Lipinski definition) is 4. The molecule has 0 aliphatic rings. The van der Waals surface area contributed by atoms with Crippen LogP contribution in [-0.2, 0) is 20.7 Å². The average molecular weight is 379 g/mol. The van der Waals surface area contributed by atoms with Crippen molar-refractivity contribution in [1.29, 1.82) is 0 Å². The van der Waals surface area contributed by atoms with E-state index in [-0.39, 0.29) is 41.0 Å². The third-order valence-electron chi connectivity index (χ3n) is 3.39. The number of carbonyl (C=O) groups is 3. The lowest BCUT2D eigenvalue weighted by molar-refractivity contribution is -0.123. The SMILES string of the molecule is COC(=O)c1ccc(Cl)c(NC(=O)CNC(=O)Cc2ccc(F)cc2)c1. The fraction of sp³-hybridized carbons (Fsp3) is 0.167. The van der Waals surface area contributed by atoms with Crippen molar-refractivity contribution in [2.75, 3.05) is 19.0 Å². The molecule has 0 heterocycles. The maximum absolute atomic E-state index is 12.8. The minimum Gasteiger partial charge on any atom is -0.465 e. The molecule has 0 bridgehead atoms. The Labute approximate surface area is 154 Å². The number of nitrogens with one attached hydrogen (secondary N) is 2. The number of carbonyl (C=O) groups excluding carboxylic acids is 3. The Morgan fingerprint density at radius 2 is 1.77 bits per heavy atom. The molecule has 0 fully saturated rings. The van der Waals surface area contributed by atoms with E-state index in [9.17, 15) is 18.8 Å². The first-order valence-electron chi connectivity index (χ1n) is 7.58. The van der Waals surface area contributed by atoms with Crippen LogP contribution in [0.15, 0.2) is 42.5 Å². The van der Waals surface area contributed by atoms with E-state index in [2.05, 4.69) is 15.4 Å². The number of methoxy groups -OCH3 is 1. The van der Waals surface area contributed by atoms with Gasteiger partial charge in [0, 0.05) is 0 Å². The van der Waals surface area contributed by atoms with Crippen LogP contribution in [0.2, 0.25) is 5.02 Å². The third kappa shape index (κ3) is 5.56. The number of esters is 1. The Balaban J connectivity index is 1.89. The number of hydrogen-bond donors (Lipinski definition) is 2. The second-order valence-corrected chi connectivity index (χ2v) is 5.72. The topological polar surface area (TPSA) is 84.5 Å². The molecule has 2 amide bonds. The number of anilines is 1. The molecule has 0 unspecified atom stereocenters. The summed E-state index contributed by atoms with van der Waals surface area (Å²) in [5.41, 5.74) is 1.08. The van der Waals surface area contributed by atoms with E-state index >= 15 is 0 Å². The first-order chi connectivity index (χ1) is 12.4. The summed E-state index contributed by atoms with van der Waals surface area (Å²) in [5.74, 6) is -1.85. The van der Waals surface area contributed by atoms with E-state index in [1.165, 1.54) is 49.6 Å². The highest BCUT2D eigenvalue weighted by molar-refractivity contribution is 6.33. The van der Waals surface area contributed by atoms with Crippen LogP contribution in [0.25, 0.3) is 0 Å². The maximum atomic E-state index is 12.8. The molecule has 0 aliphatic heterocycles. The van der Waals surface area contributed by atoms with Gasteiger partial charge in [-0.2, -0.15) is 0 Å². The summed E-state index contributed by atoms with van der Waals surface area (Å²) in [7, 11) is 1.24. The summed E-state index contributed by atoms with van der Waals surface area (Å²) in [4.78, 5) is 35.3. The summed E-state index contributed by atoms with van der Waals surface area (Å²) in [6.07, 6.45) is 0.0200. The largest absolute Gasteiger partial charge is 0.465 e. The molecule has 8 heteroatoms. The number of halogens is 2. The smallest absolute Gasteiger partial charge is 0.337 e. The van der Waals surface area contributed by atoms with Gasteiger partial charge in [-0.3, -0.25) is 9.59 Å². The Bertz CT molecular complexity index is 824. The monoisotopic (exact) mass is 378 g/mol. The highest BCUT2D eigenvalue weighted by atomic mass is 35.5. The molecule has 0 aliphatic carbocycles. The van der Waals surface area contributed by atoms with Gasteiger partial charge in [-0.1, -0.05) is 23.7 Å². The zero-order valence-corrected chi connectivity index (χ0v) is 14.6. The average Bonchev–Trinajstić information content (AvgIpc) is 2.63. The highest BCUT2D eigenvalue weighted by Crippen LogP contribution is 2.23. The predicted molar refractivity (Wildman–Crippen MR) is 94.5 cm³/mol. The van der Waals surface area contributed by atoms with Crippen molar-refractivity contribution in [3.8, 4) is 0 Å². The summed E-state index contributed by atoms with van der Waals surface area (Å²) < 4.78 is 17.4. The molecular formula is C18H16ClFN2O4. The lowest BCUT2D eigenvalue weighted by atomic mass is 10.1. The van der Waals surface area contributed by atoms with E-state index in [1.54, 1.807) is 0 Å². The minimum atomic E-state index is -0.565. The zero-order chi connectivity index (χ0) is 19.1. The van der Waals surface area contributed by atoms with Crippen molar-refractivity contribution in [1.82, 2.24) is 5.32 Å². The first kappa shape index (κ1) is 19.4. The normalized spacial score (nSPS) is 10.1. The summed E-state index contributed by atoms with van der Waals surface area (Å²) in [6, 6.07) is 9.80. The van der Waals surface area contributed by atoms with E-state index in [4.69, 9.17) is 11.6 Å². The van der Waals surface area contributed by atoms with Crippen molar-refractivity contribution >= 4 is 35.1 Å². The lowest BCUT2D eigenvalue weighted by Gasteiger charge is -2.10. The van der Waals surface area contributed by atoms with Crippen molar-refractivity contribution < 1.29 is 23.5 Å². The molecule has 2 rings (SSSR count). The number of amides is 2. The number of ether oxygens (including phenoxy) is 1. The second kappa shape index (κ2) is 8.96. The minimum absolute atomic E-state index is 0.0200. The van der Waals surface area contributed by atoms with Crippen LogP contribution in [-0.4, -0.2) is 31.4 Å². The second-order valence-electron chi connectivity index (χ2n) is 5.31. The van der Waals surface area contributed by atoms with E-state index < -0.39 is 11.9 Å². The number of rotatable bonds is 6. The van der Waals surface area contributed by atoms with Gasteiger partial charge in [-0.15, -0.1) is 0 Å². The van der Waals surface area contributed by atoms with Crippen molar-refractivity contribution in [3.05, 3.63) is 64.4 Å². The molecule has 6 nitrogen and oxygen atoms in total. The maximum Gasteiger partial charge on any atom is 0.337 e. The van der Waals surface area contributed by atoms with Gasteiger partial charge >= 0.3 is 5.97 Å². The third-order valence-corrected chi connectivity index (χ3v) is 3.72. The Morgan fingerprint density at radius 3 is 2.42 bits per heavy atom. The Morgan fingerprint density at radius 1 is 1.08 bits per heavy atom. The molecule has 0 radical (unpaired) electrons. The molecule has 0 spiro atoms. The van der Waals surface area contributed by atoms with Gasteiger partial charge < -0.3 is 15.4 Å². The van der Waals surface area contributed by atoms with Crippen molar-refractivity contribution in [2.45, 2.75) is 6.42 Å². The number of benzene rings is 2. The molecule has 26 heavy (non-hydrogen) atoms. The highest BCUT2D eigenvalue weighted by Gasteiger charge is 2.12. The van der Waals surface area contributed by atoms with Crippen LogP contribution in [0.5, 0.6) is 0 Å². The molecule has 0 atom stereocenters. The van der Waals surface area contributed by atoms with Gasteiger partial charge in [0.1, 0.15) is 5.82 Å². The van der Waals surface area contributed by atoms with Crippen LogP contribution in [0.1, 0.15) is 15.9 Å². The standard InChI is InChI=1S/C18H16ClFN2O4/c1-26-18(25)12-4-7-14(19)15(9-12)22-17(24)10-21-16(23)8-11-2-5-13(20)6-3-11/h2-7,9H,8,10H2,1H3,(H,21,23)(H,22,24). The zero-order valence-electron chi connectivity index (χ0n) is 13.8. The first-order valence-corrected chi connectivity index (χ1v) is 7.95. The molecule has 2 N–H and O–H groups in total. The quantitative estimate of drug-likeness (QED) is 0.757. The van der Waals surface area contributed by atoms with Crippen LogP contribution in [0.4, 0.5) is 10.1 Å². The fourth-order valence-electron chi connectivity index (χ4n) is 2.09. The van der Waals surface area contributed by atoms with Crippen molar-refractivity contribution in [2.24, 2.45) is 0 Å². The van der Waals surface area contributed by atoms with Gasteiger partial charge in [-0.05, 0) is 35.9 Å². The van der Waals surface area contributed by atoms with E-state index in [0.29, 0.717) is 5.56 Å². The van der Waals surface area contributed by atoms with Gasteiger partial charge in [0.25, 0.3) is 0 Å².